The molecule has 0 radical (unpaired) electrons. The molecule has 23 heavy (non-hydrogen) atoms. The van der Waals surface area contributed by atoms with Crippen LogP contribution in [0.2, 0.25) is 0 Å². The third kappa shape index (κ3) is 3.52. The number of benzene rings is 2. The van der Waals surface area contributed by atoms with Gasteiger partial charge in [-0.3, -0.25) is 10.1 Å². The van der Waals surface area contributed by atoms with Crippen molar-refractivity contribution in [3.8, 4) is 0 Å². The number of para-hydroxylation sites is 1. The topological polar surface area (TPSA) is 46.4 Å². The van der Waals surface area contributed by atoms with Crippen LogP contribution < -0.4 is 4.90 Å². The third-order valence-electron chi connectivity index (χ3n) is 4.13. The van der Waals surface area contributed by atoms with E-state index in [0.29, 0.717) is 11.6 Å². The van der Waals surface area contributed by atoms with Crippen LogP contribution in [0.4, 0.5) is 17.1 Å². The summed E-state index contributed by atoms with van der Waals surface area (Å²) in [6.45, 7) is 8.40. The van der Waals surface area contributed by atoms with Crippen LogP contribution in [0.3, 0.4) is 0 Å². The van der Waals surface area contributed by atoms with Crippen LogP contribution >= 0.6 is 0 Å². The molecule has 0 aliphatic rings. The van der Waals surface area contributed by atoms with Gasteiger partial charge in [0.1, 0.15) is 5.69 Å². The first-order valence-corrected chi connectivity index (χ1v) is 7.94. The Morgan fingerprint density at radius 2 is 1.48 bits per heavy atom. The summed E-state index contributed by atoms with van der Waals surface area (Å²) < 4.78 is 0. The monoisotopic (exact) mass is 312 g/mol. The number of nitro groups is 1. The van der Waals surface area contributed by atoms with E-state index in [1.165, 1.54) is 5.56 Å². The van der Waals surface area contributed by atoms with Crippen molar-refractivity contribution in [2.75, 3.05) is 11.9 Å². The first kappa shape index (κ1) is 17.0. The van der Waals surface area contributed by atoms with Gasteiger partial charge in [-0.1, -0.05) is 45.9 Å². The molecule has 0 aliphatic heterocycles. The molecule has 0 amide bonds. The van der Waals surface area contributed by atoms with E-state index in [-0.39, 0.29) is 16.5 Å². The van der Waals surface area contributed by atoms with Crippen molar-refractivity contribution in [2.24, 2.45) is 0 Å². The summed E-state index contributed by atoms with van der Waals surface area (Å²) in [6, 6.07) is 13.4. The highest BCUT2D eigenvalue weighted by Gasteiger charge is 2.23. The van der Waals surface area contributed by atoms with Gasteiger partial charge in [0.05, 0.1) is 4.92 Å². The van der Waals surface area contributed by atoms with Crippen LogP contribution in [0, 0.1) is 10.1 Å². The van der Waals surface area contributed by atoms with Gasteiger partial charge >= 0.3 is 0 Å². The lowest BCUT2D eigenvalue weighted by molar-refractivity contribution is -0.384. The minimum Gasteiger partial charge on any atom is -0.339 e. The fourth-order valence-electron chi connectivity index (χ4n) is 2.81. The molecule has 0 saturated heterocycles. The van der Waals surface area contributed by atoms with Crippen LogP contribution in [0.25, 0.3) is 0 Å². The minimum atomic E-state index is -0.287. The van der Waals surface area contributed by atoms with Gasteiger partial charge in [-0.2, -0.15) is 0 Å². The van der Waals surface area contributed by atoms with Gasteiger partial charge in [-0.25, -0.2) is 0 Å². The van der Waals surface area contributed by atoms with Crippen molar-refractivity contribution in [3.63, 3.8) is 0 Å². The van der Waals surface area contributed by atoms with E-state index >= 15 is 0 Å². The van der Waals surface area contributed by atoms with E-state index in [9.17, 15) is 10.1 Å². The molecule has 0 unspecified atom stereocenters. The SMILES string of the molecule is CC(C)c1cc(N(C)c2ccccc2)c([N+](=O)[O-])cc1C(C)C. The lowest BCUT2D eigenvalue weighted by atomic mass is 9.89. The molecule has 0 atom stereocenters. The number of hydrogen-bond acceptors (Lipinski definition) is 3. The molecule has 0 saturated carbocycles. The van der Waals surface area contributed by atoms with Gasteiger partial charge in [0, 0.05) is 18.8 Å². The minimum absolute atomic E-state index is 0.157. The smallest absolute Gasteiger partial charge is 0.293 e. The van der Waals surface area contributed by atoms with Crippen LogP contribution in [-0.2, 0) is 0 Å². The van der Waals surface area contributed by atoms with E-state index in [2.05, 4.69) is 27.7 Å². The number of nitro benzene ring substituents is 1. The number of rotatable bonds is 5. The van der Waals surface area contributed by atoms with Gasteiger partial charge in [0.15, 0.2) is 0 Å². The highest BCUT2D eigenvalue weighted by atomic mass is 16.6. The molecule has 2 rings (SSSR count). The van der Waals surface area contributed by atoms with Crippen LogP contribution in [-0.4, -0.2) is 12.0 Å². The van der Waals surface area contributed by atoms with Crippen molar-refractivity contribution in [1.82, 2.24) is 0 Å². The fourth-order valence-corrected chi connectivity index (χ4v) is 2.81. The Labute approximate surface area is 137 Å². The summed E-state index contributed by atoms with van der Waals surface area (Å²) in [6.07, 6.45) is 0. The summed E-state index contributed by atoms with van der Waals surface area (Å²) in [4.78, 5) is 13.2. The van der Waals surface area contributed by atoms with Crippen molar-refractivity contribution < 1.29 is 4.92 Å². The van der Waals surface area contributed by atoms with E-state index in [1.807, 2.05) is 48.3 Å². The summed E-state index contributed by atoms with van der Waals surface area (Å²) in [5.74, 6) is 0.568. The average molecular weight is 312 g/mol. The average Bonchev–Trinajstić information content (AvgIpc) is 2.53. The molecule has 0 aliphatic carbocycles. The van der Waals surface area contributed by atoms with Crippen LogP contribution in [0.5, 0.6) is 0 Å². The molecule has 4 heteroatoms. The summed E-state index contributed by atoms with van der Waals surface area (Å²) in [5.41, 5.74) is 3.95. The Balaban J connectivity index is 2.66. The van der Waals surface area contributed by atoms with E-state index < -0.39 is 0 Å². The molecule has 4 nitrogen and oxygen atoms in total. The van der Waals surface area contributed by atoms with Gasteiger partial charge < -0.3 is 4.90 Å². The van der Waals surface area contributed by atoms with Gasteiger partial charge in [-0.15, -0.1) is 0 Å². The Morgan fingerprint density at radius 1 is 0.957 bits per heavy atom. The lowest BCUT2D eigenvalue weighted by Gasteiger charge is -2.23. The molecule has 0 N–H and O–H groups in total. The molecule has 0 fully saturated rings. The maximum absolute atomic E-state index is 11.6. The zero-order valence-electron chi connectivity index (χ0n) is 14.4. The zero-order valence-corrected chi connectivity index (χ0v) is 14.4. The van der Waals surface area contributed by atoms with E-state index in [1.54, 1.807) is 6.07 Å². The Hall–Kier alpha value is -2.36. The second-order valence-electron chi connectivity index (χ2n) is 6.43. The second kappa shape index (κ2) is 6.82. The fraction of sp³-hybridized carbons (Fsp3) is 0.368. The summed E-state index contributed by atoms with van der Waals surface area (Å²) >= 11 is 0. The van der Waals surface area contributed by atoms with Crippen LogP contribution in [0.15, 0.2) is 42.5 Å². The molecular formula is C19H24N2O2. The first-order chi connectivity index (χ1) is 10.8. The van der Waals surface area contributed by atoms with Gasteiger partial charge in [-0.05, 0) is 41.2 Å². The Morgan fingerprint density at radius 3 is 1.96 bits per heavy atom. The molecule has 0 aromatic heterocycles. The number of anilines is 2. The van der Waals surface area contributed by atoms with Crippen molar-refractivity contribution in [2.45, 2.75) is 39.5 Å². The number of nitrogens with zero attached hydrogens (tertiary/aromatic N) is 2. The van der Waals surface area contributed by atoms with Gasteiger partial charge in [0.2, 0.25) is 0 Å². The predicted octanol–water partition coefficient (Wildman–Crippen LogP) is 5.61. The summed E-state index contributed by atoms with van der Waals surface area (Å²) in [7, 11) is 1.87. The largest absolute Gasteiger partial charge is 0.339 e. The van der Waals surface area contributed by atoms with E-state index in [0.717, 1.165) is 11.3 Å². The number of hydrogen-bond donors (Lipinski definition) is 0. The molecule has 2 aromatic rings. The highest BCUT2D eigenvalue weighted by molar-refractivity contribution is 5.73. The highest BCUT2D eigenvalue weighted by Crippen LogP contribution is 2.39. The molecule has 2 aromatic carbocycles. The molecule has 122 valence electrons. The van der Waals surface area contributed by atoms with Crippen LogP contribution in [0.1, 0.15) is 50.7 Å². The molecule has 0 heterocycles. The zero-order chi connectivity index (χ0) is 17.1. The normalized spacial score (nSPS) is 11.1. The first-order valence-electron chi connectivity index (χ1n) is 7.94. The van der Waals surface area contributed by atoms with Crippen molar-refractivity contribution in [1.29, 1.82) is 0 Å². The quantitative estimate of drug-likeness (QED) is 0.532. The predicted molar refractivity (Wildman–Crippen MR) is 95.8 cm³/mol. The molecule has 0 spiro atoms. The van der Waals surface area contributed by atoms with Crippen molar-refractivity contribution in [3.05, 3.63) is 63.7 Å². The maximum Gasteiger partial charge on any atom is 0.293 e. The third-order valence-corrected chi connectivity index (χ3v) is 4.13. The molecular weight excluding hydrogens is 288 g/mol. The summed E-state index contributed by atoms with van der Waals surface area (Å²) in [5, 5.41) is 11.6. The standard InChI is InChI=1S/C19H24N2O2/c1-13(2)16-11-18(20(5)15-9-7-6-8-10-15)19(21(22)23)12-17(16)14(3)4/h6-14H,1-5H3. The molecule has 0 bridgehead atoms. The van der Waals surface area contributed by atoms with E-state index in [4.69, 9.17) is 0 Å². The van der Waals surface area contributed by atoms with Crippen molar-refractivity contribution >= 4 is 17.1 Å². The van der Waals surface area contributed by atoms with Gasteiger partial charge in [0.25, 0.3) is 5.69 Å². The Kier molecular flexibility index (Phi) is 5.04. The lowest BCUT2D eigenvalue weighted by Crippen LogP contribution is -2.13. The maximum atomic E-state index is 11.6. The Bertz CT molecular complexity index is 694. The second-order valence-corrected chi connectivity index (χ2v) is 6.43.